The summed E-state index contributed by atoms with van der Waals surface area (Å²) in [5, 5.41) is 14.5. The van der Waals surface area contributed by atoms with E-state index in [-0.39, 0.29) is 12.1 Å². The Hall–Kier alpha value is -3.79. The van der Waals surface area contributed by atoms with Gasteiger partial charge in [-0.1, -0.05) is 24.3 Å². The Morgan fingerprint density at radius 1 is 1.31 bits per heavy atom. The number of nitrogen functional groups attached to an aromatic ring is 1. The van der Waals surface area contributed by atoms with Crippen molar-refractivity contribution >= 4 is 17.4 Å². The summed E-state index contributed by atoms with van der Waals surface area (Å²) in [7, 11) is 0. The van der Waals surface area contributed by atoms with Crippen LogP contribution in [0.25, 0.3) is 11.3 Å². The quantitative estimate of drug-likeness (QED) is 0.635. The van der Waals surface area contributed by atoms with E-state index in [1.165, 1.54) is 0 Å². The molecular formula is C19H16N6O. The maximum atomic E-state index is 12.2. The van der Waals surface area contributed by atoms with Crippen molar-refractivity contribution in [1.29, 1.82) is 5.26 Å². The minimum absolute atomic E-state index is 0.000448. The van der Waals surface area contributed by atoms with Crippen LogP contribution in [0.4, 0.5) is 16.2 Å². The number of carbonyl (C=O) groups is 1. The second kappa shape index (κ2) is 6.26. The highest BCUT2D eigenvalue weighted by atomic mass is 16.2. The maximum absolute atomic E-state index is 12.2. The molecule has 1 atom stereocenters. The lowest BCUT2D eigenvalue weighted by molar-refractivity contribution is 0.251. The van der Waals surface area contributed by atoms with E-state index in [4.69, 9.17) is 11.0 Å². The van der Waals surface area contributed by atoms with E-state index in [1.807, 2.05) is 24.4 Å². The first-order valence-corrected chi connectivity index (χ1v) is 8.13. The lowest BCUT2D eigenvalue weighted by atomic mass is 10.0. The average molecular weight is 344 g/mol. The molecule has 1 aliphatic heterocycles. The number of amides is 2. The number of nitrogens with one attached hydrogen (secondary N) is 2. The summed E-state index contributed by atoms with van der Waals surface area (Å²) in [6.45, 7) is 0.429. The first-order chi connectivity index (χ1) is 12.7. The Morgan fingerprint density at radius 2 is 2.15 bits per heavy atom. The first kappa shape index (κ1) is 15.7. The van der Waals surface area contributed by atoms with Crippen LogP contribution in [-0.4, -0.2) is 22.1 Å². The highest BCUT2D eigenvalue weighted by molar-refractivity contribution is 5.90. The molecule has 7 nitrogen and oxygen atoms in total. The van der Waals surface area contributed by atoms with Gasteiger partial charge in [-0.3, -0.25) is 0 Å². The Balaban J connectivity index is 1.46. The van der Waals surface area contributed by atoms with Crippen LogP contribution in [0, 0.1) is 11.3 Å². The smallest absolute Gasteiger partial charge is 0.319 e. The molecule has 0 spiro atoms. The first-order valence-electron chi connectivity index (χ1n) is 8.13. The molecule has 0 saturated carbocycles. The molecule has 1 unspecified atom stereocenters. The number of nitriles is 1. The molecule has 26 heavy (non-hydrogen) atoms. The van der Waals surface area contributed by atoms with Gasteiger partial charge in [0.1, 0.15) is 6.07 Å². The zero-order chi connectivity index (χ0) is 18.1. The van der Waals surface area contributed by atoms with Crippen LogP contribution in [0.15, 0.2) is 55.0 Å². The van der Waals surface area contributed by atoms with Crippen molar-refractivity contribution in [3.8, 4) is 17.3 Å². The van der Waals surface area contributed by atoms with E-state index in [9.17, 15) is 4.79 Å². The second-order valence-corrected chi connectivity index (χ2v) is 6.04. The fraction of sp³-hybridized carbons (Fsp3) is 0.105. The van der Waals surface area contributed by atoms with Gasteiger partial charge in [0.25, 0.3) is 0 Å². The van der Waals surface area contributed by atoms with Crippen molar-refractivity contribution in [2.24, 2.45) is 0 Å². The SMILES string of the molecule is N#Cc1ccc(NC(=O)NCC2c3ccccc3-c3cncn32)cc1N. The predicted molar refractivity (Wildman–Crippen MR) is 98.4 cm³/mol. The Kier molecular flexibility index (Phi) is 3.78. The number of imidazole rings is 1. The van der Waals surface area contributed by atoms with Crippen LogP contribution in [0.3, 0.4) is 0 Å². The third-order valence-electron chi connectivity index (χ3n) is 4.48. The van der Waals surface area contributed by atoms with Gasteiger partial charge in [-0.2, -0.15) is 5.26 Å². The van der Waals surface area contributed by atoms with Crippen LogP contribution < -0.4 is 16.4 Å². The zero-order valence-corrected chi connectivity index (χ0v) is 13.8. The minimum atomic E-state index is -0.333. The van der Waals surface area contributed by atoms with Gasteiger partial charge in [-0.15, -0.1) is 0 Å². The molecule has 2 heterocycles. The van der Waals surface area contributed by atoms with Crippen molar-refractivity contribution in [3.05, 3.63) is 66.1 Å². The second-order valence-electron chi connectivity index (χ2n) is 6.04. The molecule has 0 radical (unpaired) electrons. The van der Waals surface area contributed by atoms with Gasteiger partial charge in [0.2, 0.25) is 0 Å². The molecule has 4 rings (SSSR count). The molecule has 0 bridgehead atoms. The van der Waals surface area contributed by atoms with Gasteiger partial charge in [-0.25, -0.2) is 9.78 Å². The van der Waals surface area contributed by atoms with Crippen LogP contribution in [-0.2, 0) is 0 Å². The lowest BCUT2D eigenvalue weighted by Crippen LogP contribution is -2.33. The highest BCUT2D eigenvalue weighted by Gasteiger charge is 2.28. The third kappa shape index (κ3) is 2.63. The standard InChI is InChI=1S/C19H16N6O/c20-8-12-5-6-13(7-16(12)21)24-19(26)23-10-18-15-4-2-1-3-14(15)17-9-22-11-25(17)18/h1-7,9,11,18H,10,21H2,(H2,23,24,26). The van der Waals surface area contributed by atoms with Gasteiger partial charge in [0, 0.05) is 17.8 Å². The number of rotatable bonds is 3. The maximum Gasteiger partial charge on any atom is 0.319 e. The number of urea groups is 1. The lowest BCUT2D eigenvalue weighted by Gasteiger charge is -2.16. The topological polar surface area (TPSA) is 109 Å². The van der Waals surface area contributed by atoms with E-state index in [2.05, 4.69) is 32.3 Å². The molecule has 4 N–H and O–H groups in total. The van der Waals surface area contributed by atoms with Crippen LogP contribution >= 0.6 is 0 Å². The summed E-state index contributed by atoms with van der Waals surface area (Å²) in [6, 6.07) is 14.6. The number of benzene rings is 2. The molecule has 2 aromatic carbocycles. The van der Waals surface area contributed by atoms with Gasteiger partial charge >= 0.3 is 6.03 Å². The Labute approximate surface area is 150 Å². The van der Waals surface area contributed by atoms with Crippen molar-refractivity contribution in [1.82, 2.24) is 14.9 Å². The number of anilines is 2. The summed E-state index contributed by atoms with van der Waals surface area (Å²) in [5.74, 6) is 0. The van der Waals surface area contributed by atoms with Crippen LogP contribution in [0.2, 0.25) is 0 Å². The summed E-state index contributed by atoms with van der Waals surface area (Å²) >= 11 is 0. The number of hydrogen-bond donors (Lipinski definition) is 3. The third-order valence-corrected chi connectivity index (χ3v) is 4.48. The van der Waals surface area contributed by atoms with Crippen LogP contribution in [0.1, 0.15) is 17.2 Å². The number of fused-ring (bicyclic) bond motifs is 3. The van der Waals surface area contributed by atoms with Crippen molar-refractivity contribution in [2.45, 2.75) is 6.04 Å². The van der Waals surface area contributed by atoms with Crippen molar-refractivity contribution in [3.63, 3.8) is 0 Å². The van der Waals surface area contributed by atoms with Crippen molar-refractivity contribution < 1.29 is 4.79 Å². The summed E-state index contributed by atoms with van der Waals surface area (Å²) < 4.78 is 2.06. The number of nitrogens with zero attached hydrogens (tertiary/aromatic N) is 3. The summed E-state index contributed by atoms with van der Waals surface area (Å²) in [5.41, 5.74) is 10.4. The zero-order valence-electron chi connectivity index (χ0n) is 13.8. The normalized spacial score (nSPS) is 14.2. The summed E-state index contributed by atoms with van der Waals surface area (Å²) in [4.78, 5) is 16.5. The fourth-order valence-corrected chi connectivity index (χ4v) is 3.25. The molecular weight excluding hydrogens is 328 g/mol. The molecule has 0 fully saturated rings. The minimum Gasteiger partial charge on any atom is -0.398 e. The molecule has 3 aromatic rings. The van der Waals surface area contributed by atoms with E-state index >= 15 is 0 Å². The number of nitrogens with two attached hydrogens (primary N) is 1. The number of hydrogen-bond acceptors (Lipinski definition) is 4. The molecule has 1 aliphatic rings. The van der Waals surface area contributed by atoms with Crippen molar-refractivity contribution in [2.75, 3.05) is 17.6 Å². The van der Waals surface area contributed by atoms with Gasteiger partial charge in [-0.05, 0) is 23.8 Å². The summed E-state index contributed by atoms with van der Waals surface area (Å²) in [6.07, 6.45) is 3.61. The Morgan fingerprint density at radius 3 is 2.96 bits per heavy atom. The average Bonchev–Trinajstić information content (AvgIpc) is 3.21. The molecule has 0 aliphatic carbocycles. The number of aromatic nitrogens is 2. The molecule has 1 aromatic heterocycles. The van der Waals surface area contributed by atoms with Crippen LogP contribution in [0.5, 0.6) is 0 Å². The number of carbonyl (C=O) groups excluding carboxylic acids is 1. The molecule has 0 saturated heterocycles. The van der Waals surface area contributed by atoms with Gasteiger partial charge < -0.3 is 20.9 Å². The molecule has 128 valence electrons. The largest absolute Gasteiger partial charge is 0.398 e. The molecule has 7 heteroatoms. The van der Waals surface area contributed by atoms with E-state index < -0.39 is 0 Å². The Bertz CT molecular complexity index is 1030. The highest BCUT2D eigenvalue weighted by Crippen LogP contribution is 2.38. The fourth-order valence-electron chi connectivity index (χ4n) is 3.25. The predicted octanol–water partition coefficient (Wildman–Crippen LogP) is 2.73. The monoisotopic (exact) mass is 344 g/mol. The van der Waals surface area contributed by atoms with E-state index in [1.54, 1.807) is 24.5 Å². The van der Waals surface area contributed by atoms with Gasteiger partial charge in [0.15, 0.2) is 0 Å². The van der Waals surface area contributed by atoms with E-state index in [0.717, 1.165) is 16.8 Å². The molecule has 2 amide bonds. The van der Waals surface area contributed by atoms with Gasteiger partial charge in [0.05, 0.1) is 35.5 Å². The van der Waals surface area contributed by atoms with E-state index in [0.29, 0.717) is 23.5 Å².